The highest BCUT2D eigenvalue weighted by Crippen LogP contribution is 2.42. The Bertz CT molecular complexity index is 301. The largest absolute Gasteiger partial charge is 0.375 e. The lowest BCUT2D eigenvalue weighted by molar-refractivity contribution is -0.110. The van der Waals surface area contributed by atoms with Gasteiger partial charge in [0.2, 0.25) is 0 Å². The van der Waals surface area contributed by atoms with Gasteiger partial charge in [0.1, 0.15) is 0 Å². The molecular formula is C17H32N2O. The van der Waals surface area contributed by atoms with Crippen LogP contribution in [0.2, 0.25) is 0 Å². The summed E-state index contributed by atoms with van der Waals surface area (Å²) in [5, 5.41) is 3.34. The molecule has 1 N–H and O–H groups in total. The number of hydrogen-bond acceptors (Lipinski definition) is 3. The standard InChI is InChI=1S/C17H32N2O/c1-18-11-7-15-6-2-5-12-19(15)16-8-13-20-17(14-16)9-3-4-10-17/h15-16,18H,2-14H2,1H3. The highest BCUT2D eigenvalue weighted by molar-refractivity contribution is 4.96. The SMILES string of the molecule is CNCCC1CCCCN1C1CCOC2(CCCC2)C1. The minimum atomic E-state index is 0.272. The lowest BCUT2D eigenvalue weighted by Crippen LogP contribution is -2.53. The average molecular weight is 280 g/mol. The van der Waals surface area contributed by atoms with Crippen molar-refractivity contribution in [3.8, 4) is 0 Å². The topological polar surface area (TPSA) is 24.5 Å². The van der Waals surface area contributed by atoms with E-state index in [0.29, 0.717) is 0 Å². The van der Waals surface area contributed by atoms with Crippen molar-refractivity contribution in [3.63, 3.8) is 0 Å². The Morgan fingerprint density at radius 3 is 2.80 bits per heavy atom. The summed E-state index contributed by atoms with van der Waals surface area (Å²) in [6.45, 7) is 3.49. The molecule has 0 aromatic carbocycles. The van der Waals surface area contributed by atoms with Crippen LogP contribution in [0.3, 0.4) is 0 Å². The van der Waals surface area contributed by atoms with Gasteiger partial charge in [-0.2, -0.15) is 0 Å². The van der Waals surface area contributed by atoms with E-state index >= 15 is 0 Å². The van der Waals surface area contributed by atoms with Crippen LogP contribution in [-0.2, 0) is 4.74 Å². The molecule has 2 saturated heterocycles. The fraction of sp³-hybridized carbons (Fsp3) is 1.00. The van der Waals surface area contributed by atoms with Crippen molar-refractivity contribution >= 4 is 0 Å². The Morgan fingerprint density at radius 2 is 2.00 bits per heavy atom. The first-order chi connectivity index (χ1) is 9.83. The molecule has 2 unspecified atom stereocenters. The second-order valence-corrected chi connectivity index (χ2v) is 7.16. The summed E-state index contributed by atoms with van der Waals surface area (Å²) in [6, 6.07) is 1.61. The van der Waals surface area contributed by atoms with Gasteiger partial charge in [-0.1, -0.05) is 19.3 Å². The molecule has 0 aromatic heterocycles. The van der Waals surface area contributed by atoms with Gasteiger partial charge in [0.05, 0.1) is 5.60 Å². The Kier molecular flexibility index (Phi) is 5.00. The van der Waals surface area contributed by atoms with Crippen molar-refractivity contribution in [1.82, 2.24) is 10.2 Å². The molecule has 0 aromatic rings. The van der Waals surface area contributed by atoms with Crippen molar-refractivity contribution in [2.45, 2.75) is 81.9 Å². The molecule has 3 aliphatic rings. The smallest absolute Gasteiger partial charge is 0.0697 e. The van der Waals surface area contributed by atoms with E-state index in [4.69, 9.17) is 4.74 Å². The van der Waals surface area contributed by atoms with E-state index < -0.39 is 0 Å². The van der Waals surface area contributed by atoms with Gasteiger partial charge in [-0.25, -0.2) is 0 Å². The van der Waals surface area contributed by atoms with E-state index in [1.165, 1.54) is 70.8 Å². The zero-order valence-electron chi connectivity index (χ0n) is 13.2. The van der Waals surface area contributed by atoms with Crippen molar-refractivity contribution < 1.29 is 4.74 Å². The Labute approximate surface area is 124 Å². The Morgan fingerprint density at radius 1 is 1.15 bits per heavy atom. The third-order valence-corrected chi connectivity index (χ3v) is 5.85. The maximum atomic E-state index is 6.22. The molecule has 0 bridgehead atoms. The molecule has 2 atom stereocenters. The fourth-order valence-electron chi connectivity index (χ4n) is 4.78. The molecule has 3 heteroatoms. The maximum Gasteiger partial charge on any atom is 0.0697 e. The molecule has 0 amide bonds. The van der Waals surface area contributed by atoms with E-state index in [9.17, 15) is 0 Å². The van der Waals surface area contributed by atoms with Gasteiger partial charge < -0.3 is 10.1 Å². The lowest BCUT2D eigenvalue weighted by atomic mass is 9.85. The van der Waals surface area contributed by atoms with Crippen LogP contribution in [0.4, 0.5) is 0 Å². The summed E-state index contributed by atoms with van der Waals surface area (Å²) < 4.78 is 6.22. The number of ether oxygens (including phenoxy) is 1. The van der Waals surface area contributed by atoms with E-state index in [2.05, 4.69) is 17.3 Å². The van der Waals surface area contributed by atoms with Gasteiger partial charge >= 0.3 is 0 Å². The molecular weight excluding hydrogens is 248 g/mol. The summed E-state index contributed by atoms with van der Waals surface area (Å²) in [4.78, 5) is 2.86. The Balaban J connectivity index is 1.63. The highest BCUT2D eigenvalue weighted by atomic mass is 16.5. The molecule has 2 heterocycles. The second kappa shape index (κ2) is 6.76. The van der Waals surface area contributed by atoms with Crippen molar-refractivity contribution in [1.29, 1.82) is 0 Å². The molecule has 1 saturated carbocycles. The zero-order chi connectivity index (χ0) is 13.8. The number of nitrogens with one attached hydrogen (secondary N) is 1. The van der Waals surface area contributed by atoms with Gasteiger partial charge in [-0.05, 0) is 65.1 Å². The number of rotatable bonds is 4. The lowest BCUT2D eigenvalue weighted by Gasteiger charge is -2.47. The summed E-state index contributed by atoms with van der Waals surface area (Å²) in [5.41, 5.74) is 0.272. The van der Waals surface area contributed by atoms with Crippen molar-refractivity contribution in [2.75, 3.05) is 26.7 Å². The van der Waals surface area contributed by atoms with E-state index in [1.54, 1.807) is 0 Å². The van der Waals surface area contributed by atoms with Crippen molar-refractivity contribution in [3.05, 3.63) is 0 Å². The average Bonchev–Trinajstić information content (AvgIpc) is 2.93. The first kappa shape index (κ1) is 14.8. The monoisotopic (exact) mass is 280 g/mol. The third kappa shape index (κ3) is 3.20. The van der Waals surface area contributed by atoms with Crippen LogP contribution in [0.15, 0.2) is 0 Å². The Hall–Kier alpha value is -0.120. The van der Waals surface area contributed by atoms with Crippen LogP contribution in [0.25, 0.3) is 0 Å². The summed E-state index contributed by atoms with van der Waals surface area (Å²) in [6.07, 6.45) is 13.5. The molecule has 3 rings (SSSR count). The molecule has 20 heavy (non-hydrogen) atoms. The van der Waals surface area contributed by atoms with Crippen LogP contribution >= 0.6 is 0 Å². The molecule has 3 nitrogen and oxygen atoms in total. The minimum absolute atomic E-state index is 0.272. The van der Waals surface area contributed by atoms with Crippen LogP contribution in [0.5, 0.6) is 0 Å². The quantitative estimate of drug-likeness (QED) is 0.857. The van der Waals surface area contributed by atoms with E-state index in [-0.39, 0.29) is 5.60 Å². The number of nitrogens with zero attached hydrogens (tertiary/aromatic N) is 1. The molecule has 0 radical (unpaired) electrons. The highest BCUT2D eigenvalue weighted by Gasteiger charge is 2.42. The second-order valence-electron chi connectivity index (χ2n) is 7.16. The van der Waals surface area contributed by atoms with Crippen LogP contribution in [0.1, 0.15) is 64.2 Å². The van der Waals surface area contributed by atoms with Crippen LogP contribution in [0, 0.1) is 0 Å². The van der Waals surface area contributed by atoms with Gasteiger partial charge in [0.25, 0.3) is 0 Å². The number of hydrogen-bond donors (Lipinski definition) is 1. The number of piperidine rings is 1. The molecule has 1 aliphatic carbocycles. The molecule has 2 aliphatic heterocycles. The molecule has 116 valence electrons. The van der Waals surface area contributed by atoms with E-state index in [1.807, 2.05) is 0 Å². The summed E-state index contributed by atoms with van der Waals surface area (Å²) in [7, 11) is 2.08. The van der Waals surface area contributed by atoms with Crippen LogP contribution < -0.4 is 5.32 Å². The summed E-state index contributed by atoms with van der Waals surface area (Å²) >= 11 is 0. The minimum Gasteiger partial charge on any atom is -0.375 e. The van der Waals surface area contributed by atoms with Gasteiger partial charge in [-0.3, -0.25) is 4.90 Å². The number of likely N-dealkylation sites (tertiary alicyclic amines) is 1. The zero-order valence-corrected chi connectivity index (χ0v) is 13.2. The normalized spacial score (nSPS) is 34.6. The van der Waals surface area contributed by atoms with Gasteiger partial charge in [0, 0.05) is 18.7 Å². The fourth-order valence-corrected chi connectivity index (χ4v) is 4.78. The molecule has 1 spiro atoms. The van der Waals surface area contributed by atoms with Crippen LogP contribution in [-0.4, -0.2) is 49.3 Å². The predicted molar refractivity (Wildman–Crippen MR) is 83.1 cm³/mol. The predicted octanol–water partition coefficient (Wildman–Crippen LogP) is 2.94. The van der Waals surface area contributed by atoms with Gasteiger partial charge in [0.15, 0.2) is 0 Å². The third-order valence-electron chi connectivity index (χ3n) is 5.85. The first-order valence-corrected chi connectivity index (χ1v) is 8.87. The summed E-state index contributed by atoms with van der Waals surface area (Å²) in [5.74, 6) is 0. The van der Waals surface area contributed by atoms with Crippen molar-refractivity contribution in [2.24, 2.45) is 0 Å². The molecule has 3 fully saturated rings. The van der Waals surface area contributed by atoms with E-state index in [0.717, 1.165) is 25.2 Å². The maximum absolute atomic E-state index is 6.22. The first-order valence-electron chi connectivity index (χ1n) is 8.87. The van der Waals surface area contributed by atoms with Gasteiger partial charge in [-0.15, -0.1) is 0 Å².